The van der Waals surface area contributed by atoms with E-state index in [4.69, 9.17) is 9.47 Å². The number of rotatable bonds is 6. The van der Waals surface area contributed by atoms with Gasteiger partial charge in [0.2, 0.25) is 0 Å². The van der Waals surface area contributed by atoms with Gasteiger partial charge in [0.25, 0.3) is 0 Å². The van der Waals surface area contributed by atoms with E-state index in [1.807, 2.05) is 60.7 Å². The third kappa shape index (κ3) is 4.70. The molecule has 1 aliphatic carbocycles. The Morgan fingerprint density at radius 2 is 1.15 bits per heavy atom. The summed E-state index contributed by atoms with van der Waals surface area (Å²) >= 11 is 0. The highest BCUT2D eigenvalue weighted by Gasteiger charge is 2.44. The van der Waals surface area contributed by atoms with Gasteiger partial charge in [-0.1, -0.05) is 60.7 Å². The summed E-state index contributed by atoms with van der Waals surface area (Å²) in [5.74, 6) is -2.27. The number of hydrogen-bond acceptors (Lipinski definition) is 5. The van der Waals surface area contributed by atoms with Gasteiger partial charge in [0.05, 0.1) is 17.9 Å². The van der Waals surface area contributed by atoms with Crippen molar-refractivity contribution >= 4 is 11.9 Å². The quantitative estimate of drug-likeness (QED) is 0.808. The fourth-order valence-corrected chi connectivity index (χ4v) is 3.20. The van der Waals surface area contributed by atoms with Crippen LogP contribution in [0.5, 0.6) is 0 Å². The third-order valence-corrected chi connectivity index (χ3v) is 4.59. The molecule has 136 valence electrons. The van der Waals surface area contributed by atoms with E-state index in [-0.39, 0.29) is 26.1 Å². The minimum atomic E-state index is -0.696. The first-order valence-corrected chi connectivity index (χ1v) is 8.72. The molecule has 1 fully saturated rings. The van der Waals surface area contributed by atoms with Crippen molar-refractivity contribution in [3.8, 4) is 0 Å². The van der Waals surface area contributed by atoms with E-state index in [0.717, 1.165) is 11.1 Å². The highest BCUT2D eigenvalue weighted by molar-refractivity contribution is 5.83. The van der Waals surface area contributed by atoms with Crippen LogP contribution in [-0.4, -0.2) is 23.1 Å². The lowest BCUT2D eigenvalue weighted by Gasteiger charge is -2.17. The molecule has 0 aliphatic heterocycles. The maximum atomic E-state index is 12.4. The normalized spacial score (nSPS) is 19.9. The SMILES string of the molecule is O=C(OCc1ccccc1)[C@@H]1CC(O)C[C@H]1C(=O)OCc1ccccc1. The van der Waals surface area contributed by atoms with Gasteiger partial charge < -0.3 is 14.6 Å². The largest absolute Gasteiger partial charge is 0.461 e. The number of aliphatic hydroxyl groups is 1. The van der Waals surface area contributed by atoms with E-state index in [1.54, 1.807) is 0 Å². The van der Waals surface area contributed by atoms with Crippen molar-refractivity contribution in [3.05, 3.63) is 71.8 Å². The maximum Gasteiger partial charge on any atom is 0.310 e. The summed E-state index contributed by atoms with van der Waals surface area (Å²) in [5.41, 5.74) is 1.75. The number of ether oxygens (including phenoxy) is 2. The second kappa shape index (κ2) is 8.63. The molecule has 1 saturated carbocycles. The van der Waals surface area contributed by atoms with E-state index in [9.17, 15) is 14.7 Å². The van der Waals surface area contributed by atoms with Crippen LogP contribution in [0.15, 0.2) is 60.7 Å². The summed E-state index contributed by atoms with van der Waals surface area (Å²) in [6.45, 7) is 0.302. The van der Waals surface area contributed by atoms with Crippen LogP contribution in [-0.2, 0) is 32.3 Å². The van der Waals surface area contributed by atoms with Gasteiger partial charge in [-0.15, -0.1) is 0 Å². The van der Waals surface area contributed by atoms with E-state index in [1.165, 1.54) is 0 Å². The van der Waals surface area contributed by atoms with Crippen LogP contribution in [0.25, 0.3) is 0 Å². The number of carbonyl (C=O) groups is 2. The van der Waals surface area contributed by atoms with E-state index in [0.29, 0.717) is 0 Å². The smallest absolute Gasteiger partial charge is 0.310 e. The zero-order valence-electron chi connectivity index (χ0n) is 14.4. The van der Waals surface area contributed by atoms with Crippen molar-refractivity contribution in [1.29, 1.82) is 0 Å². The third-order valence-electron chi connectivity index (χ3n) is 4.59. The molecule has 0 saturated heterocycles. The first-order valence-electron chi connectivity index (χ1n) is 8.72. The second-order valence-corrected chi connectivity index (χ2v) is 6.52. The molecular weight excluding hydrogens is 332 g/mol. The van der Waals surface area contributed by atoms with Crippen molar-refractivity contribution < 1.29 is 24.2 Å². The maximum absolute atomic E-state index is 12.4. The van der Waals surface area contributed by atoms with Gasteiger partial charge in [0.1, 0.15) is 13.2 Å². The molecule has 26 heavy (non-hydrogen) atoms. The Balaban J connectivity index is 1.56. The average Bonchev–Trinajstić information content (AvgIpc) is 3.08. The Morgan fingerprint density at radius 3 is 1.54 bits per heavy atom. The fraction of sp³-hybridized carbons (Fsp3) is 0.333. The minimum absolute atomic E-state index is 0.151. The zero-order valence-corrected chi connectivity index (χ0v) is 14.4. The highest BCUT2D eigenvalue weighted by Crippen LogP contribution is 2.34. The molecule has 1 aliphatic rings. The van der Waals surface area contributed by atoms with Crippen LogP contribution in [0.1, 0.15) is 24.0 Å². The molecule has 2 aromatic rings. The van der Waals surface area contributed by atoms with E-state index in [2.05, 4.69) is 0 Å². The summed E-state index contributed by atoms with van der Waals surface area (Å²) in [5, 5.41) is 9.92. The molecule has 0 bridgehead atoms. The average molecular weight is 354 g/mol. The topological polar surface area (TPSA) is 72.8 Å². The van der Waals surface area contributed by atoms with Crippen molar-refractivity contribution in [3.63, 3.8) is 0 Å². The molecule has 0 spiro atoms. The molecule has 0 unspecified atom stereocenters. The van der Waals surface area contributed by atoms with Gasteiger partial charge in [0, 0.05) is 0 Å². The molecule has 2 atom stereocenters. The van der Waals surface area contributed by atoms with Gasteiger partial charge in [-0.05, 0) is 24.0 Å². The lowest BCUT2D eigenvalue weighted by atomic mass is 9.96. The van der Waals surface area contributed by atoms with Crippen LogP contribution in [0.4, 0.5) is 0 Å². The van der Waals surface area contributed by atoms with Gasteiger partial charge in [-0.2, -0.15) is 0 Å². The Hall–Kier alpha value is -2.66. The molecule has 0 amide bonds. The molecule has 0 heterocycles. The fourth-order valence-electron chi connectivity index (χ4n) is 3.20. The number of hydrogen-bond donors (Lipinski definition) is 1. The Labute approximate surface area is 152 Å². The number of esters is 2. The lowest BCUT2D eigenvalue weighted by Crippen LogP contribution is -2.28. The first-order chi connectivity index (χ1) is 12.6. The van der Waals surface area contributed by atoms with Crippen LogP contribution < -0.4 is 0 Å². The van der Waals surface area contributed by atoms with Gasteiger partial charge in [-0.3, -0.25) is 9.59 Å². The molecule has 2 aromatic carbocycles. The van der Waals surface area contributed by atoms with Gasteiger partial charge in [0.15, 0.2) is 0 Å². The summed E-state index contributed by atoms with van der Waals surface area (Å²) in [6, 6.07) is 18.7. The standard InChI is InChI=1S/C21H22O5/c22-17-11-18(20(23)25-13-15-7-3-1-4-8-15)19(12-17)21(24)26-14-16-9-5-2-6-10-16/h1-10,17-19,22H,11-14H2/t18-,19-/m1/s1. The molecular formula is C21H22O5. The Morgan fingerprint density at radius 1 is 0.769 bits per heavy atom. The van der Waals surface area contributed by atoms with Crippen molar-refractivity contribution in [2.45, 2.75) is 32.2 Å². The summed E-state index contributed by atoms with van der Waals surface area (Å²) in [4.78, 5) is 24.8. The summed E-state index contributed by atoms with van der Waals surface area (Å²) < 4.78 is 10.7. The molecule has 1 N–H and O–H groups in total. The van der Waals surface area contributed by atoms with Crippen molar-refractivity contribution in [2.75, 3.05) is 0 Å². The van der Waals surface area contributed by atoms with Crippen LogP contribution in [0.3, 0.4) is 0 Å². The number of aliphatic hydroxyl groups excluding tert-OH is 1. The summed E-state index contributed by atoms with van der Waals surface area (Å²) in [7, 11) is 0. The Bertz CT molecular complexity index is 665. The molecule has 5 heteroatoms. The van der Waals surface area contributed by atoms with Crippen LogP contribution >= 0.6 is 0 Å². The van der Waals surface area contributed by atoms with E-state index >= 15 is 0 Å². The van der Waals surface area contributed by atoms with Crippen LogP contribution in [0.2, 0.25) is 0 Å². The monoisotopic (exact) mass is 354 g/mol. The Kier molecular flexibility index (Phi) is 6.02. The van der Waals surface area contributed by atoms with Crippen LogP contribution in [0, 0.1) is 11.8 Å². The minimum Gasteiger partial charge on any atom is -0.461 e. The highest BCUT2D eigenvalue weighted by atomic mass is 16.5. The molecule has 3 rings (SSSR count). The zero-order chi connectivity index (χ0) is 18.4. The first kappa shape index (κ1) is 18.1. The van der Waals surface area contributed by atoms with E-state index < -0.39 is 29.9 Å². The lowest BCUT2D eigenvalue weighted by molar-refractivity contribution is -0.160. The van der Waals surface area contributed by atoms with Gasteiger partial charge in [-0.25, -0.2) is 0 Å². The number of carbonyl (C=O) groups excluding carboxylic acids is 2. The molecule has 0 aromatic heterocycles. The summed E-state index contributed by atoms with van der Waals surface area (Å²) in [6.07, 6.45) is -0.254. The van der Waals surface area contributed by atoms with Gasteiger partial charge >= 0.3 is 11.9 Å². The predicted octanol–water partition coefficient (Wildman–Crippen LogP) is 2.86. The molecule has 5 nitrogen and oxygen atoms in total. The van der Waals surface area contributed by atoms with Crippen molar-refractivity contribution in [2.24, 2.45) is 11.8 Å². The number of benzene rings is 2. The predicted molar refractivity (Wildman–Crippen MR) is 94.7 cm³/mol. The molecule has 0 radical (unpaired) electrons. The second-order valence-electron chi connectivity index (χ2n) is 6.52. The van der Waals surface area contributed by atoms with Crippen molar-refractivity contribution in [1.82, 2.24) is 0 Å².